The van der Waals surface area contributed by atoms with Gasteiger partial charge in [0, 0.05) is 24.0 Å². The van der Waals surface area contributed by atoms with Crippen molar-refractivity contribution < 1.29 is 18.0 Å². The summed E-state index contributed by atoms with van der Waals surface area (Å²) < 4.78 is 22.6. The van der Waals surface area contributed by atoms with Crippen LogP contribution in [0.4, 0.5) is 27.5 Å². The second kappa shape index (κ2) is 8.25. The van der Waals surface area contributed by atoms with E-state index in [2.05, 4.69) is 15.6 Å². The van der Waals surface area contributed by atoms with Gasteiger partial charge in [-0.1, -0.05) is 18.2 Å². The average Bonchev–Trinajstić information content (AvgIpc) is 3.00. The van der Waals surface area contributed by atoms with Crippen LogP contribution in [0.1, 0.15) is 5.56 Å². The molecule has 9 nitrogen and oxygen atoms in total. The van der Waals surface area contributed by atoms with Gasteiger partial charge in [-0.2, -0.15) is 0 Å². The standard InChI is InChI=1S/C22H19N5O4S/c1-27-19-5-3-2-4-18(19)20(21(27)28)24-14-6-8-15(9-7-14)25-22(29)26-16-10-12-17(13-11-16)32(23,30)31/h2-13H,1H3,(H2,23,30,31)(H2,25,26,29). The number of primary sulfonamides is 1. The normalized spacial score (nSPS) is 14.4. The van der Waals surface area contributed by atoms with Crippen molar-refractivity contribution in [1.82, 2.24) is 0 Å². The summed E-state index contributed by atoms with van der Waals surface area (Å²) in [5.74, 6) is -0.179. The Morgan fingerprint density at radius 1 is 0.906 bits per heavy atom. The van der Waals surface area contributed by atoms with Crippen LogP contribution in [0.5, 0.6) is 0 Å². The number of carbonyl (C=O) groups excluding carboxylic acids is 2. The van der Waals surface area contributed by atoms with Gasteiger partial charge < -0.3 is 15.5 Å². The predicted octanol–water partition coefficient (Wildman–Crippen LogP) is 3.08. The van der Waals surface area contributed by atoms with E-state index in [0.29, 0.717) is 22.8 Å². The fraction of sp³-hybridized carbons (Fsp3) is 0.0455. The average molecular weight is 449 g/mol. The first-order chi connectivity index (χ1) is 15.2. The van der Waals surface area contributed by atoms with Gasteiger partial charge in [-0.3, -0.25) is 4.79 Å². The molecule has 3 amide bonds. The van der Waals surface area contributed by atoms with Crippen LogP contribution in [-0.2, 0) is 14.8 Å². The number of anilines is 3. The van der Waals surface area contributed by atoms with E-state index in [9.17, 15) is 18.0 Å². The minimum atomic E-state index is -3.80. The van der Waals surface area contributed by atoms with Crippen LogP contribution in [0.25, 0.3) is 0 Å². The Hall–Kier alpha value is -4.02. The van der Waals surface area contributed by atoms with E-state index >= 15 is 0 Å². The summed E-state index contributed by atoms with van der Waals surface area (Å²) in [7, 11) is -2.09. The second-order valence-electron chi connectivity index (χ2n) is 7.04. The number of amides is 3. The molecule has 32 heavy (non-hydrogen) atoms. The zero-order chi connectivity index (χ0) is 22.9. The van der Waals surface area contributed by atoms with Gasteiger partial charge in [-0.15, -0.1) is 0 Å². The zero-order valence-corrected chi connectivity index (χ0v) is 17.8. The Morgan fingerprint density at radius 3 is 2.06 bits per heavy atom. The Bertz CT molecular complexity index is 1330. The largest absolute Gasteiger partial charge is 0.323 e. The van der Waals surface area contributed by atoms with Crippen LogP contribution in [0.3, 0.4) is 0 Å². The SMILES string of the molecule is CN1C(=O)C(=Nc2ccc(NC(=O)Nc3ccc(S(N)(=O)=O)cc3)cc2)c2ccccc21. The predicted molar refractivity (Wildman–Crippen MR) is 123 cm³/mol. The quantitative estimate of drug-likeness (QED) is 0.564. The molecular formula is C22H19N5O4S. The summed E-state index contributed by atoms with van der Waals surface area (Å²) in [4.78, 5) is 30.7. The molecule has 0 aliphatic carbocycles. The number of sulfonamides is 1. The maximum Gasteiger partial charge on any atom is 0.323 e. The topological polar surface area (TPSA) is 134 Å². The third-order valence-corrected chi connectivity index (χ3v) is 5.76. The van der Waals surface area contributed by atoms with Gasteiger partial charge in [-0.25, -0.2) is 23.3 Å². The first-order valence-corrected chi connectivity index (χ1v) is 11.0. The van der Waals surface area contributed by atoms with Crippen molar-refractivity contribution >= 4 is 50.4 Å². The van der Waals surface area contributed by atoms with Crippen LogP contribution in [-0.4, -0.2) is 33.1 Å². The number of hydrogen-bond acceptors (Lipinski definition) is 5. The molecule has 0 saturated heterocycles. The van der Waals surface area contributed by atoms with E-state index in [1.54, 1.807) is 36.2 Å². The maximum absolute atomic E-state index is 12.5. The summed E-state index contributed by atoms with van der Waals surface area (Å²) in [5, 5.41) is 10.3. The first-order valence-electron chi connectivity index (χ1n) is 9.49. The lowest BCUT2D eigenvalue weighted by molar-refractivity contribution is -0.111. The molecule has 1 heterocycles. The number of hydrogen-bond donors (Lipinski definition) is 3. The lowest BCUT2D eigenvalue weighted by atomic mass is 10.1. The van der Waals surface area contributed by atoms with Crippen LogP contribution >= 0.6 is 0 Å². The van der Waals surface area contributed by atoms with Gasteiger partial charge in [0.15, 0.2) is 0 Å². The molecule has 1 aliphatic rings. The van der Waals surface area contributed by atoms with Crippen LogP contribution in [0.2, 0.25) is 0 Å². The minimum absolute atomic E-state index is 0.0461. The van der Waals surface area contributed by atoms with Crippen molar-refractivity contribution in [1.29, 1.82) is 0 Å². The first kappa shape index (κ1) is 21.2. The highest BCUT2D eigenvalue weighted by molar-refractivity contribution is 7.89. The lowest BCUT2D eigenvalue weighted by Gasteiger charge is -2.08. The van der Waals surface area contributed by atoms with Crippen LogP contribution < -0.4 is 20.7 Å². The molecule has 4 rings (SSSR count). The van der Waals surface area contributed by atoms with Gasteiger partial charge in [0.2, 0.25) is 10.0 Å². The third-order valence-electron chi connectivity index (χ3n) is 4.83. The Kier molecular flexibility index (Phi) is 5.47. The number of nitrogens with one attached hydrogen (secondary N) is 2. The van der Waals surface area contributed by atoms with E-state index in [1.807, 2.05) is 24.3 Å². The summed E-state index contributed by atoms with van der Waals surface area (Å²) in [5.41, 5.74) is 3.44. The van der Waals surface area contributed by atoms with Crippen LogP contribution in [0, 0.1) is 0 Å². The van der Waals surface area contributed by atoms with Crippen molar-refractivity contribution in [2.75, 3.05) is 22.6 Å². The Morgan fingerprint density at radius 2 is 1.47 bits per heavy atom. The Balaban J connectivity index is 1.44. The highest BCUT2D eigenvalue weighted by Gasteiger charge is 2.30. The maximum atomic E-state index is 12.5. The van der Waals surface area contributed by atoms with Crippen molar-refractivity contribution in [3.8, 4) is 0 Å². The van der Waals surface area contributed by atoms with Crippen molar-refractivity contribution in [3.63, 3.8) is 0 Å². The van der Waals surface area contributed by atoms with E-state index in [1.165, 1.54) is 24.3 Å². The number of fused-ring (bicyclic) bond motifs is 1. The molecule has 162 valence electrons. The number of rotatable bonds is 4. The van der Waals surface area contributed by atoms with Crippen molar-refractivity contribution in [3.05, 3.63) is 78.4 Å². The van der Waals surface area contributed by atoms with Gasteiger partial charge in [-0.05, 0) is 54.6 Å². The minimum Gasteiger partial charge on any atom is -0.309 e. The molecule has 10 heteroatoms. The van der Waals surface area contributed by atoms with Crippen LogP contribution in [0.15, 0.2) is 82.7 Å². The highest BCUT2D eigenvalue weighted by Crippen LogP contribution is 2.29. The summed E-state index contributed by atoms with van der Waals surface area (Å²) in [6.07, 6.45) is 0. The fourth-order valence-corrected chi connectivity index (χ4v) is 3.74. The summed E-state index contributed by atoms with van der Waals surface area (Å²) >= 11 is 0. The lowest BCUT2D eigenvalue weighted by Crippen LogP contribution is -2.25. The second-order valence-corrected chi connectivity index (χ2v) is 8.60. The van der Waals surface area contributed by atoms with Gasteiger partial charge >= 0.3 is 6.03 Å². The molecule has 0 aromatic heterocycles. The molecule has 1 aliphatic heterocycles. The molecule has 4 N–H and O–H groups in total. The van der Waals surface area contributed by atoms with Gasteiger partial charge in [0.25, 0.3) is 5.91 Å². The molecule has 0 atom stereocenters. The zero-order valence-electron chi connectivity index (χ0n) is 16.9. The summed E-state index contributed by atoms with van der Waals surface area (Å²) in [6, 6.07) is 19.1. The molecule has 3 aromatic carbocycles. The molecule has 0 unspecified atom stereocenters. The van der Waals surface area contributed by atoms with E-state index in [4.69, 9.17) is 5.14 Å². The highest BCUT2D eigenvalue weighted by atomic mass is 32.2. The molecule has 3 aromatic rings. The number of carbonyl (C=O) groups is 2. The number of urea groups is 1. The number of aliphatic imine (C=N–C) groups is 1. The van der Waals surface area contributed by atoms with Crippen molar-refractivity contribution in [2.45, 2.75) is 4.90 Å². The fourth-order valence-electron chi connectivity index (χ4n) is 3.23. The molecule has 0 radical (unpaired) electrons. The number of nitrogens with two attached hydrogens (primary N) is 1. The van der Waals surface area contributed by atoms with Gasteiger partial charge in [0.05, 0.1) is 16.3 Å². The third kappa shape index (κ3) is 4.36. The summed E-state index contributed by atoms with van der Waals surface area (Å²) in [6.45, 7) is 0. The van der Waals surface area contributed by atoms with E-state index in [-0.39, 0.29) is 10.8 Å². The molecule has 0 bridgehead atoms. The monoisotopic (exact) mass is 449 g/mol. The molecule has 0 fully saturated rings. The van der Waals surface area contributed by atoms with E-state index in [0.717, 1.165) is 11.3 Å². The number of nitrogens with zero attached hydrogens (tertiary/aromatic N) is 2. The molecule has 0 saturated carbocycles. The number of likely N-dealkylation sites (N-methyl/N-ethyl adjacent to an activating group) is 1. The number of para-hydroxylation sites is 1. The molecule has 0 spiro atoms. The number of benzene rings is 3. The van der Waals surface area contributed by atoms with E-state index < -0.39 is 16.1 Å². The van der Waals surface area contributed by atoms with Crippen molar-refractivity contribution in [2.24, 2.45) is 10.1 Å². The van der Waals surface area contributed by atoms with Gasteiger partial charge in [0.1, 0.15) is 5.71 Å². The smallest absolute Gasteiger partial charge is 0.309 e. The molecular weight excluding hydrogens is 430 g/mol. The Labute approximate surface area is 184 Å².